The average Bonchev–Trinajstić information content (AvgIpc) is 2.78. The number of hydrogen-bond donors (Lipinski definition) is 1. The van der Waals surface area contributed by atoms with E-state index in [1.165, 1.54) is 0 Å². The largest absolute Gasteiger partial charge is 0.501 e. The number of fused-ring (bicyclic) bond motifs is 1. The Morgan fingerprint density at radius 2 is 2.24 bits per heavy atom. The molecule has 0 saturated heterocycles. The number of hydrogen-bond acceptors (Lipinski definition) is 3. The van der Waals surface area contributed by atoms with Crippen LogP contribution in [0.5, 0.6) is 0 Å². The number of methoxy groups -OCH3 is 1. The van der Waals surface area contributed by atoms with E-state index in [-0.39, 0.29) is 5.91 Å². The van der Waals surface area contributed by atoms with Crippen molar-refractivity contribution in [1.82, 2.24) is 4.90 Å². The molecule has 0 aliphatic carbocycles. The fraction of sp³-hybridized carbons (Fsp3) is 0.235. The molecule has 21 heavy (non-hydrogen) atoms. The van der Waals surface area contributed by atoms with Crippen molar-refractivity contribution in [2.24, 2.45) is 0 Å². The van der Waals surface area contributed by atoms with Crippen LogP contribution in [-0.2, 0) is 11.3 Å². The van der Waals surface area contributed by atoms with Crippen LogP contribution in [0.25, 0.3) is 0 Å². The number of amides is 1. The summed E-state index contributed by atoms with van der Waals surface area (Å²) in [6.45, 7) is 6.77. The minimum absolute atomic E-state index is 0.0326. The van der Waals surface area contributed by atoms with Crippen LogP contribution in [0.4, 0.5) is 5.69 Å². The van der Waals surface area contributed by atoms with Crippen LogP contribution in [0.15, 0.2) is 54.3 Å². The molecule has 1 amide bonds. The van der Waals surface area contributed by atoms with Crippen LogP contribution in [0.3, 0.4) is 0 Å². The number of carbonyl (C=O) groups is 1. The summed E-state index contributed by atoms with van der Waals surface area (Å²) in [6, 6.07) is 5.41. The van der Waals surface area contributed by atoms with Gasteiger partial charge < -0.3 is 15.4 Å². The molecule has 0 saturated carbocycles. The van der Waals surface area contributed by atoms with Gasteiger partial charge in [0.25, 0.3) is 5.91 Å². The van der Waals surface area contributed by atoms with Crippen molar-refractivity contribution in [3.05, 3.63) is 65.5 Å². The topological polar surface area (TPSA) is 55.6 Å². The smallest absolute Gasteiger partial charge is 0.254 e. The number of benzene rings is 1. The van der Waals surface area contributed by atoms with Gasteiger partial charge in [0, 0.05) is 24.3 Å². The maximum Gasteiger partial charge on any atom is 0.254 e. The second-order valence-electron chi connectivity index (χ2n) is 5.00. The zero-order chi connectivity index (χ0) is 15.4. The van der Waals surface area contributed by atoms with Gasteiger partial charge in [-0.3, -0.25) is 4.79 Å². The summed E-state index contributed by atoms with van der Waals surface area (Å²) in [6.07, 6.45) is 5.53. The van der Waals surface area contributed by atoms with Crippen LogP contribution < -0.4 is 5.73 Å². The molecule has 1 aromatic rings. The predicted molar refractivity (Wildman–Crippen MR) is 84.6 cm³/mol. The van der Waals surface area contributed by atoms with Crippen molar-refractivity contribution < 1.29 is 9.53 Å². The maximum absolute atomic E-state index is 12.3. The van der Waals surface area contributed by atoms with Gasteiger partial charge in [0.05, 0.1) is 12.9 Å². The SMILES string of the molecule is C=C/C(=C\C=C(/C)OC)CN1Cc2cc(N)ccc2C1=O. The van der Waals surface area contributed by atoms with E-state index in [0.29, 0.717) is 18.8 Å². The molecule has 0 spiro atoms. The highest BCUT2D eigenvalue weighted by Crippen LogP contribution is 2.25. The highest BCUT2D eigenvalue weighted by Gasteiger charge is 2.27. The van der Waals surface area contributed by atoms with Crippen LogP contribution in [-0.4, -0.2) is 24.5 Å². The number of nitrogens with zero attached hydrogens (tertiary/aromatic N) is 1. The Labute approximate surface area is 125 Å². The van der Waals surface area contributed by atoms with Gasteiger partial charge in [-0.1, -0.05) is 18.7 Å². The van der Waals surface area contributed by atoms with Crippen LogP contribution >= 0.6 is 0 Å². The van der Waals surface area contributed by atoms with Gasteiger partial charge in [-0.05, 0) is 42.3 Å². The zero-order valence-corrected chi connectivity index (χ0v) is 12.4. The average molecular weight is 284 g/mol. The Hall–Kier alpha value is -2.49. The van der Waals surface area contributed by atoms with E-state index < -0.39 is 0 Å². The molecule has 1 heterocycles. The van der Waals surface area contributed by atoms with Crippen molar-refractivity contribution in [1.29, 1.82) is 0 Å². The second-order valence-corrected chi connectivity index (χ2v) is 5.00. The van der Waals surface area contributed by atoms with E-state index in [1.54, 1.807) is 30.2 Å². The fourth-order valence-electron chi connectivity index (χ4n) is 2.23. The summed E-state index contributed by atoms with van der Waals surface area (Å²) in [5.41, 5.74) is 9.12. The van der Waals surface area contributed by atoms with Crippen molar-refractivity contribution in [3.63, 3.8) is 0 Å². The van der Waals surface area contributed by atoms with E-state index in [4.69, 9.17) is 10.5 Å². The van der Waals surface area contributed by atoms with Gasteiger partial charge in [0.1, 0.15) is 0 Å². The van der Waals surface area contributed by atoms with Crippen LogP contribution in [0.2, 0.25) is 0 Å². The summed E-state index contributed by atoms with van der Waals surface area (Å²) in [7, 11) is 1.62. The Morgan fingerprint density at radius 3 is 2.90 bits per heavy atom. The number of anilines is 1. The van der Waals surface area contributed by atoms with Gasteiger partial charge in [-0.15, -0.1) is 0 Å². The first kappa shape index (κ1) is 14.9. The van der Waals surface area contributed by atoms with Gasteiger partial charge >= 0.3 is 0 Å². The predicted octanol–water partition coefficient (Wildman–Crippen LogP) is 2.89. The minimum Gasteiger partial charge on any atom is -0.501 e. The molecular formula is C17H20N2O2. The molecule has 2 N–H and O–H groups in total. The summed E-state index contributed by atoms with van der Waals surface area (Å²) in [5.74, 6) is 0.836. The second kappa shape index (κ2) is 6.31. The van der Waals surface area contributed by atoms with E-state index in [9.17, 15) is 4.79 Å². The van der Waals surface area contributed by atoms with Crippen molar-refractivity contribution in [3.8, 4) is 0 Å². The molecule has 4 nitrogen and oxygen atoms in total. The first-order chi connectivity index (χ1) is 10.0. The molecule has 2 rings (SSSR count). The molecule has 0 bridgehead atoms. The number of ether oxygens (including phenoxy) is 1. The molecule has 110 valence electrons. The Kier molecular flexibility index (Phi) is 4.48. The van der Waals surface area contributed by atoms with E-state index >= 15 is 0 Å². The number of nitrogens with two attached hydrogens (primary N) is 1. The Bertz CT molecular complexity index is 630. The first-order valence-electron chi connectivity index (χ1n) is 6.76. The third-order valence-electron chi connectivity index (χ3n) is 3.50. The van der Waals surface area contributed by atoms with E-state index in [0.717, 1.165) is 22.5 Å². The lowest BCUT2D eigenvalue weighted by Gasteiger charge is -2.16. The highest BCUT2D eigenvalue weighted by molar-refractivity contribution is 5.98. The number of allylic oxidation sites excluding steroid dienone is 3. The standard InChI is InChI=1S/C17H20N2O2/c1-4-13(6-5-12(2)21-3)10-19-11-14-9-15(18)7-8-16(14)17(19)20/h4-9H,1,10-11,18H2,2-3H3/b12-5+,13-6+. The highest BCUT2D eigenvalue weighted by atomic mass is 16.5. The molecule has 1 aromatic carbocycles. The van der Waals surface area contributed by atoms with Crippen molar-refractivity contribution in [2.75, 3.05) is 19.4 Å². The molecule has 1 aliphatic rings. The normalized spacial score (nSPS) is 15.1. The Morgan fingerprint density at radius 1 is 1.48 bits per heavy atom. The maximum atomic E-state index is 12.3. The third kappa shape index (κ3) is 3.34. The lowest BCUT2D eigenvalue weighted by Crippen LogP contribution is -2.25. The molecule has 1 aliphatic heterocycles. The molecular weight excluding hydrogens is 264 g/mol. The molecule has 4 heteroatoms. The van der Waals surface area contributed by atoms with Gasteiger partial charge in [0.2, 0.25) is 0 Å². The van der Waals surface area contributed by atoms with E-state index in [2.05, 4.69) is 6.58 Å². The minimum atomic E-state index is 0.0326. The number of carbonyl (C=O) groups excluding carboxylic acids is 1. The lowest BCUT2D eigenvalue weighted by atomic mass is 10.1. The lowest BCUT2D eigenvalue weighted by molar-refractivity contribution is 0.0793. The molecule has 0 unspecified atom stereocenters. The quantitative estimate of drug-likeness (QED) is 0.514. The van der Waals surface area contributed by atoms with Gasteiger partial charge in [-0.2, -0.15) is 0 Å². The number of rotatable bonds is 5. The third-order valence-corrected chi connectivity index (χ3v) is 3.50. The summed E-state index contributed by atoms with van der Waals surface area (Å²) in [4.78, 5) is 14.1. The molecule has 0 aromatic heterocycles. The van der Waals surface area contributed by atoms with Crippen LogP contribution in [0, 0.1) is 0 Å². The summed E-state index contributed by atoms with van der Waals surface area (Å²) in [5, 5.41) is 0. The van der Waals surface area contributed by atoms with E-state index in [1.807, 2.05) is 25.1 Å². The van der Waals surface area contributed by atoms with Crippen LogP contribution in [0.1, 0.15) is 22.8 Å². The summed E-state index contributed by atoms with van der Waals surface area (Å²) >= 11 is 0. The molecule has 0 fully saturated rings. The summed E-state index contributed by atoms with van der Waals surface area (Å²) < 4.78 is 5.09. The fourth-order valence-corrected chi connectivity index (χ4v) is 2.23. The number of nitrogen functional groups attached to an aromatic ring is 1. The van der Waals surface area contributed by atoms with Gasteiger partial charge in [-0.25, -0.2) is 0 Å². The zero-order valence-electron chi connectivity index (χ0n) is 12.4. The first-order valence-corrected chi connectivity index (χ1v) is 6.76. The monoisotopic (exact) mass is 284 g/mol. The molecule has 0 atom stereocenters. The van der Waals surface area contributed by atoms with Gasteiger partial charge in [0.15, 0.2) is 0 Å². The Balaban J connectivity index is 2.14. The van der Waals surface area contributed by atoms with Crippen molar-refractivity contribution >= 4 is 11.6 Å². The molecule has 0 radical (unpaired) electrons. The van der Waals surface area contributed by atoms with Crippen molar-refractivity contribution in [2.45, 2.75) is 13.5 Å².